The van der Waals surface area contributed by atoms with E-state index >= 15 is 0 Å². The summed E-state index contributed by atoms with van der Waals surface area (Å²) in [4.78, 5) is 6.14. The molecule has 1 aromatic heterocycles. The van der Waals surface area contributed by atoms with Crippen LogP contribution in [0, 0.1) is 5.82 Å². The van der Waals surface area contributed by atoms with Gasteiger partial charge >= 0.3 is 80.6 Å². The van der Waals surface area contributed by atoms with E-state index in [-0.39, 0.29) is 20.3 Å². The van der Waals surface area contributed by atoms with E-state index in [0.29, 0.717) is 4.69 Å². The minimum atomic E-state index is -0.232. The van der Waals surface area contributed by atoms with Crippen molar-refractivity contribution in [2.45, 2.75) is 0 Å². The Kier molecular flexibility index (Phi) is 2.17. The van der Waals surface area contributed by atoms with Crippen LogP contribution in [0.1, 0.15) is 0 Å². The molecule has 0 aliphatic rings. The van der Waals surface area contributed by atoms with E-state index < -0.39 is 0 Å². The first-order valence-corrected chi connectivity index (χ1v) is 5.57. The quantitative estimate of drug-likeness (QED) is 0.769. The summed E-state index contributed by atoms with van der Waals surface area (Å²) in [5.41, 5.74) is 7.32. The van der Waals surface area contributed by atoms with Gasteiger partial charge in [-0.2, -0.15) is 0 Å². The number of anilines is 1. The van der Waals surface area contributed by atoms with Gasteiger partial charge in [0.2, 0.25) is 0 Å². The SMILES string of the molecule is Nc1nc(-c2ccc(F)cc2)c[se]1. The van der Waals surface area contributed by atoms with Crippen LogP contribution in [0.2, 0.25) is 0 Å². The van der Waals surface area contributed by atoms with E-state index in [2.05, 4.69) is 4.98 Å². The summed E-state index contributed by atoms with van der Waals surface area (Å²) in [6.45, 7) is 0. The molecule has 0 amide bonds. The van der Waals surface area contributed by atoms with Crippen LogP contribution in [0.15, 0.2) is 29.2 Å². The molecule has 13 heavy (non-hydrogen) atoms. The number of aromatic nitrogens is 1. The third-order valence-corrected chi connectivity index (χ3v) is 3.08. The maximum atomic E-state index is 12.6. The van der Waals surface area contributed by atoms with Gasteiger partial charge < -0.3 is 0 Å². The Morgan fingerprint density at radius 2 is 1.92 bits per heavy atom. The van der Waals surface area contributed by atoms with Gasteiger partial charge in [-0.25, -0.2) is 0 Å². The topological polar surface area (TPSA) is 38.9 Å². The summed E-state index contributed by atoms with van der Waals surface area (Å²) in [6, 6.07) is 6.26. The van der Waals surface area contributed by atoms with Gasteiger partial charge in [-0.1, -0.05) is 0 Å². The van der Waals surface area contributed by atoms with Gasteiger partial charge in [0.25, 0.3) is 0 Å². The third kappa shape index (κ3) is 1.79. The molecule has 1 heterocycles. The molecule has 2 rings (SSSR count). The molecule has 0 aliphatic heterocycles. The fraction of sp³-hybridized carbons (Fsp3) is 0. The van der Waals surface area contributed by atoms with Gasteiger partial charge in [-0.05, 0) is 0 Å². The predicted molar refractivity (Wildman–Crippen MR) is 51.0 cm³/mol. The fourth-order valence-corrected chi connectivity index (χ4v) is 2.24. The van der Waals surface area contributed by atoms with Gasteiger partial charge in [0.15, 0.2) is 0 Å². The standard InChI is InChI=1S/C9H7FN2Se/c10-7-3-1-6(2-4-7)8-5-13-9(11)12-8/h1-5H,(H2,11,12). The zero-order valence-electron chi connectivity index (χ0n) is 6.70. The van der Waals surface area contributed by atoms with E-state index in [1.54, 1.807) is 12.1 Å². The minimum absolute atomic E-state index is 0.170. The molecule has 0 aliphatic carbocycles. The summed E-state index contributed by atoms with van der Waals surface area (Å²) in [5.74, 6) is -0.232. The van der Waals surface area contributed by atoms with Crippen LogP contribution in [0.25, 0.3) is 11.3 Å². The van der Waals surface area contributed by atoms with Crippen LogP contribution in [0.5, 0.6) is 0 Å². The predicted octanol–water partition coefficient (Wildman–Crippen LogP) is 1.53. The van der Waals surface area contributed by atoms with Crippen LogP contribution < -0.4 is 5.73 Å². The normalized spacial score (nSPS) is 10.2. The number of nitrogens with two attached hydrogens (primary N) is 1. The number of benzene rings is 1. The number of hydrogen-bond donors (Lipinski definition) is 1. The number of hydrogen-bond acceptors (Lipinski definition) is 2. The number of halogens is 1. The van der Waals surface area contributed by atoms with Crippen molar-refractivity contribution in [1.29, 1.82) is 0 Å². The second-order valence-corrected chi connectivity index (χ2v) is 4.44. The van der Waals surface area contributed by atoms with Crippen LogP contribution in [0.4, 0.5) is 9.08 Å². The monoisotopic (exact) mass is 242 g/mol. The maximum absolute atomic E-state index is 12.6. The molecule has 1 aromatic carbocycles. The van der Waals surface area contributed by atoms with Gasteiger partial charge in [0, 0.05) is 0 Å². The van der Waals surface area contributed by atoms with Crippen molar-refractivity contribution in [2.75, 3.05) is 5.73 Å². The Labute approximate surface area is 81.0 Å². The van der Waals surface area contributed by atoms with Gasteiger partial charge in [-0.3, -0.25) is 0 Å². The molecular weight excluding hydrogens is 234 g/mol. The van der Waals surface area contributed by atoms with Crippen LogP contribution in [0.3, 0.4) is 0 Å². The van der Waals surface area contributed by atoms with Crippen molar-refractivity contribution in [2.24, 2.45) is 0 Å². The Morgan fingerprint density at radius 1 is 1.23 bits per heavy atom. The fourth-order valence-electron chi connectivity index (χ4n) is 1.04. The van der Waals surface area contributed by atoms with Gasteiger partial charge in [0.05, 0.1) is 0 Å². The van der Waals surface area contributed by atoms with Crippen molar-refractivity contribution >= 4 is 19.2 Å². The zero-order chi connectivity index (χ0) is 9.26. The molecule has 0 fully saturated rings. The average molecular weight is 241 g/mol. The second-order valence-electron chi connectivity index (χ2n) is 2.58. The Hall–Kier alpha value is -1.12. The molecule has 0 unspecified atom stereocenters. The summed E-state index contributed by atoms with van der Waals surface area (Å²) in [7, 11) is 0. The first-order chi connectivity index (χ1) is 6.25. The van der Waals surface area contributed by atoms with E-state index in [4.69, 9.17) is 5.73 Å². The van der Waals surface area contributed by atoms with Crippen LogP contribution >= 0.6 is 0 Å². The van der Waals surface area contributed by atoms with E-state index in [1.807, 2.05) is 4.94 Å². The van der Waals surface area contributed by atoms with Crippen LogP contribution in [-0.2, 0) is 0 Å². The first kappa shape index (κ1) is 8.48. The molecule has 0 atom stereocenters. The third-order valence-electron chi connectivity index (χ3n) is 1.66. The molecule has 0 bridgehead atoms. The summed E-state index contributed by atoms with van der Waals surface area (Å²) in [6.07, 6.45) is 0. The molecule has 2 N–H and O–H groups in total. The number of nitrogen functional groups attached to an aromatic ring is 1. The van der Waals surface area contributed by atoms with Crippen LogP contribution in [-0.4, -0.2) is 19.5 Å². The second kappa shape index (κ2) is 3.32. The van der Waals surface area contributed by atoms with Gasteiger partial charge in [0.1, 0.15) is 0 Å². The molecule has 0 saturated carbocycles. The summed E-state index contributed by atoms with van der Waals surface area (Å²) >= 11 is 0.170. The van der Waals surface area contributed by atoms with E-state index in [9.17, 15) is 4.39 Å². The van der Waals surface area contributed by atoms with Crippen molar-refractivity contribution in [3.05, 3.63) is 35.0 Å². The molecule has 66 valence electrons. The zero-order valence-corrected chi connectivity index (χ0v) is 8.41. The van der Waals surface area contributed by atoms with E-state index in [0.717, 1.165) is 11.3 Å². The first-order valence-electron chi connectivity index (χ1n) is 3.72. The van der Waals surface area contributed by atoms with Gasteiger partial charge in [-0.15, -0.1) is 0 Å². The molecule has 2 nitrogen and oxygen atoms in total. The van der Waals surface area contributed by atoms with E-state index in [1.165, 1.54) is 12.1 Å². The van der Waals surface area contributed by atoms with Crippen molar-refractivity contribution < 1.29 is 4.39 Å². The molecule has 0 spiro atoms. The Balaban J connectivity index is 2.41. The molecule has 0 radical (unpaired) electrons. The summed E-state index contributed by atoms with van der Waals surface area (Å²) in [5, 5.41) is 0. The Bertz CT molecular complexity index is 408. The van der Waals surface area contributed by atoms with Crippen molar-refractivity contribution in [3.63, 3.8) is 0 Å². The number of rotatable bonds is 1. The average Bonchev–Trinajstić information content (AvgIpc) is 2.53. The number of nitrogens with zero attached hydrogens (tertiary/aromatic N) is 1. The van der Waals surface area contributed by atoms with Crippen molar-refractivity contribution in [1.82, 2.24) is 4.98 Å². The molecule has 0 saturated heterocycles. The summed E-state index contributed by atoms with van der Waals surface area (Å²) < 4.78 is 13.2. The molecule has 4 heteroatoms. The molecule has 2 aromatic rings. The van der Waals surface area contributed by atoms with Crippen molar-refractivity contribution in [3.8, 4) is 11.3 Å². The Morgan fingerprint density at radius 3 is 2.46 bits per heavy atom. The molecular formula is C9H7FN2Se.